The van der Waals surface area contributed by atoms with Crippen LogP contribution in [-0.2, 0) is 18.5 Å². The van der Waals surface area contributed by atoms with Gasteiger partial charge in [0.2, 0.25) is 0 Å². The van der Waals surface area contributed by atoms with E-state index < -0.39 is 35.2 Å². The van der Waals surface area contributed by atoms with Crippen molar-refractivity contribution in [3.8, 4) is 62.0 Å². The van der Waals surface area contributed by atoms with Gasteiger partial charge in [0.25, 0.3) is 0 Å². The molecule has 0 aliphatic carbocycles. The van der Waals surface area contributed by atoms with Gasteiger partial charge in [0.15, 0.2) is 0 Å². The molecule has 9 aromatic carbocycles. The van der Waals surface area contributed by atoms with E-state index in [-0.39, 0.29) is 5.56 Å². The summed E-state index contributed by atoms with van der Waals surface area (Å²) in [4.78, 5) is 0. The standard InChI is InChI=1S/C61H38F9N3/c1-34-12-18-45(52(26-34)61(68,69)70)40-16-23-56-51(31-40)47-9-5-7-11-54(47)73(56)58-32-38(41-24-35(2)25-43(29-41)60(65,66)67)14-20-49(58)48-19-13-37(33-71)28-57(48)72-53-10-6-4-8-46(53)50-30-39(15-22-55(50)72)44-21-17-42(27-36(44)3)59(62,63)64/h4-32H,1-3H3. The molecule has 3 nitrogen and oxygen atoms in total. The molecule has 0 saturated carbocycles. The number of hydrogen-bond donors (Lipinski definition) is 0. The maximum absolute atomic E-state index is 14.6. The van der Waals surface area contributed by atoms with Crippen molar-refractivity contribution < 1.29 is 39.5 Å². The number of nitrogens with zero attached hydrogens (tertiary/aromatic N) is 3. The first-order chi connectivity index (χ1) is 34.8. The normalized spacial score (nSPS) is 12.4. The number of rotatable bonds is 6. The molecule has 0 bridgehead atoms. The maximum atomic E-state index is 14.6. The molecule has 0 saturated heterocycles. The van der Waals surface area contributed by atoms with E-state index in [4.69, 9.17) is 0 Å². The highest BCUT2D eigenvalue weighted by Crippen LogP contribution is 2.46. The molecule has 0 spiro atoms. The van der Waals surface area contributed by atoms with Crippen molar-refractivity contribution >= 4 is 43.6 Å². The second-order valence-corrected chi connectivity index (χ2v) is 18.4. The lowest BCUT2D eigenvalue weighted by Gasteiger charge is -2.20. The SMILES string of the molecule is Cc1cc(-c2ccc(-c3ccc(C#N)cc3-n3c4ccccc4c4cc(-c5ccc(C(F)(F)F)cc5C)ccc43)c(-n3c4ccccc4c4cc(-c5ccc(C)cc5C(F)(F)F)ccc43)c2)cc(C(F)(F)F)c1. The van der Waals surface area contributed by atoms with Gasteiger partial charge in [-0.15, -0.1) is 0 Å². The molecule has 12 heteroatoms. The zero-order valence-electron chi connectivity index (χ0n) is 39.0. The Morgan fingerprint density at radius 2 is 0.890 bits per heavy atom. The van der Waals surface area contributed by atoms with E-state index in [1.165, 1.54) is 12.1 Å². The number of alkyl halides is 9. The smallest absolute Gasteiger partial charge is 0.309 e. The van der Waals surface area contributed by atoms with Crippen molar-refractivity contribution in [2.75, 3.05) is 0 Å². The van der Waals surface area contributed by atoms with Gasteiger partial charge >= 0.3 is 18.5 Å². The van der Waals surface area contributed by atoms with Gasteiger partial charge in [-0.3, -0.25) is 0 Å². The van der Waals surface area contributed by atoms with Gasteiger partial charge in [-0.2, -0.15) is 44.8 Å². The third-order valence-corrected chi connectivity index (χ3v) is 13.6. The summed E-state index contributed by atoms with van der Waals surface area (Å²) in [6.45, 7) is 4.84. The minimum absolute atomic E-state index is 0.00875. The Hall–Kier alpha value is -8.56. The number of hydrogen-bond acceptors (Lipinski definition) is 1. The van der Waals surface area contributed by atoms with Crippen LogP contribution in [0.25, 0.3) is 99.5 Å². The Bertz CT molecular complexity index is 4100. The highest BCUT2D eigenvalue weighted by atomic mass is 19.4. The van der Waals surface area contributed by atoms with Gasteiger partial charge < -0.3 is 9.13 Å². The Morgan fingerprint density at radius 1 is 0.370 bits per heavy atom. The van der Waals surface area contributed by atoms with Crippen molar-refractivity contribution in [1.82, 2.24) is 9.13 Å². The van der Waals surface area contributed by atoms with Gasteiger partial charge in [-0.1, -0.05) is 96.6 Å². The first-order valence-corrected chi connectivity index (χ1v) is 23.1. The number of para-hydroxylation sites is 2. The first kappa shape index (κ1) is 46.8. The second-order valence-electron chi connectivity index (χ2n) is 18.4. The lowest BCUT2D eigenvalue weighted by atomic mass is 9.94. The van der Waals surface area contributed by atoms with Gasteiger partial charge in [0.1, 0.15) is 0 Å². The summed E-state index contributed by atoms with van der Waals surface area (Å²) in [7, 11) is 0. The van der Waals surface area contributed by atoms with Crippen LogP contribution in [0.15, 0.2) is 176 Å². The molecule has 73 heavy (non-hydrogen) atoms. The average Bonchev–Trinajstić information content (AvgIpc) is 3.87. The van der Waals surface area contributed by atoms with Gasteiger partial charge in [-0.25, -0.2) is 0 Å². The fourth-order valence-corrected chi connectivity index (χ4v) is 10.4. The number of benzene rings is 9. The first-order valence-electron chi connectivity index (χ1n) is 23.1. The molecular weight excluding hydrogens is 946 g/mol. The van der Waals surface area contributed by atoms with E-state index >= 15 is 0 Å². The van der Waals surface area contributed by atoms with Crippen LogP contribution in [0.2, 0.25) is 0 Å². The lowest BCUT2D eigenvalue weighted by Crippen LogP contribution is -2.07. The zero-order valence-corrected chi connectivity index (χ0v) is 39.0. The van der Waals surface area contributed by atoms with Crippen molar-refractivity contribution in [2.24, 2.45) is 0 Å². The third kappa shape index (κ3) is 8.15. The van der Waals surface area contributed by atoms with Crippen LogP contribution in [0, 0.1) is 32.1 Å². The van der Waals surface area contributed by atoms with E-state index in [0.717, 1.165) is 52.1 Å². The summed E-state index contributed by atoms with van der Waals surface area (Å²) in [5, 5.41) is 13.4. The quantitative estimate of drug-likeness (QED) is 0.153. The fraction of sp³-hybridized carbons (Fsp3) is 0.0984. The Morgan fingerprint density at radius 3 is 1.47 bits per heavy atom. The van der Waals surface area contributed by atoms with Crippen LogP contribution in [0.5, 0.6) is 0 Å². The molecule has 0 aliphatic heterocycles. The Balaban J connectivity index is 1.19. The molecule has 0 atom stereocenters. The fourth-order valence-electron chi connectivity index (χ4n) is 10.4. The molecular formula is C61H38F9N3. The number of fused-ring (bicyclic) bond motifs is 6. The molecule has 0 amide bonds. The van der Waals surface area contributed by atoms with Crippen LogP contribution in [-0.4, -0.2) is 9.13 Å². The molecule has 11 rings (SSSR count). The van der Waals surface area contributed by atoms with Crippen LogP contribution < -0.4 is 0 Å². The summed E-state index contributed by atoms with van der Waals surface area (Å²) in [6.07, 6.45) is -13.8. The summed E-state index contributed by atoms with van der Waals surface area (Å²) in [5.74, 6) is 0. The summed E-state index contributed by atoms with van der Waals surface area (Å²) in [6, 6.07) is 50.6. The number of aromatic nitrogens is 2. The van der Waals surface area contributed by atoms with Crippen molar-refractivity contribution in [1.29, 1.82) is 5.26 Å². The zero-order chi connectivity index (χ0) is 51.3. The highest BCUT2D eigenvalue weighted by Gasteiger charge is 2.35. The van der Waals surface area contributed by atoms with Crippen LogP contribution in [0.1, 0.15) is 38.9 Å². The van der Waals surface area contributed by atoms with E-state index in [9.17, 15) is 44.8 Å². The molecule has 0 N–H and O–H groups in total. The van der Waals surface area contributed by atoms with Crippen LogP contribution >= 0.6 is 0 Å². The van der Waals surface area contributed by atoms with Crippen molar-refractivity contribution in [3.63, 3.8) is 0 Å². The molecule has 0 radical (unpaired) electrons. The molecule has 0 fully saturated rings. The van der Waals surface area contributed by atoms with Crippen molar-refractivity contribution in [2.45, 2.75) is 39.3 Å². The minimum Gasteiger partial charge on any atom is -0.309 e. The van der Waals surface area contributed by atoms with Crippen LogP contribution in [0.4, 0.5) is 39.5 Å². The van der Waals surface area contributed by atoms with E-state index in [2.05, 4.69) is 6.07 Å². The minimum atomic E-state index is -4.63. The third-order valence-electron chi connectivity index (χ3n) is 13.6. The van der Waals surface area contributed by atoms with Gasteiger partial charge in [0, 0.05) is 32.7 Å². The van der Waals surface area contributed by atoms with E-state index in [1.54, 1.807) is 69.3 Å². The van der Waals surface area contributed by atoms with Crippen molar-refractivity contribution in [3.05, 3.63) is 215 Å². The maximum Gasteiger partial charge on any atom is 0.417 e. The summed E-state index contributed by atoms with van der Waals surface area (Å²) >= 11 is 0. The van der Waals surface area contributed by atoms with E-state index in [0.29, 0.717) is 94.4 Å². The Kier molecular flexibility index (Phi) is 10.9. The lowest BCUT2D eigenvalue weighted by molar-refractivity contribution is -0.138. The summed E-state index contributed by atoms with van der Waals surface area (Å²) in [5.41, 5.74) is 6.85. The Labute approximate surface area is 412 Å². The molecule has 2 aromatic heterocycles. The predicted octanol–water partition coefficient (Wildman–Crippen LogP) is 18.4. The molecule has 0 unspecified atom stereocenters. The predicted molar refractivity (Wildman–Crippen MR) is 271 cm³/mol. The van der Waals surface area contributed by atoms with E-state index in [1.807, 2.05) is 94.1 Å². The molecule has 360 valence electrons. The number of halogens is 9. The largest absolute Gasteiger partial charge is 0.417 e. The number of nitriles is 1. The van der Waals surface area contributed by atoms with Crippen LogP contribution in [0.3, 0.4) is 0 Å². The number of aryl methyl sites for hydroxylation is 3. The second kappa shape index (κ2) is 17.1. The monoisotopic (exact) mass is 983 g/mol. The van der Waals surface area contributed by atoms with Gasteiger partial charge in [-0.05, 0) is 150 Å². The molecule has 0 aliphatic rings. The highest BCUT2D eigenvalue weighted by molar-refractivity contribution is 6.13. The van der Waals surface area contributed by atoms with Gasteiger partial charge in [0.05, 0.1) is 61.8 Å². The summed E-state index contributed by atoms with van der Waals surface area (Å²) < 4.78 is 132. The topological polar surface area (TPSA) is 33.6 Å². The molecule has 2 heterocycles. The molecule has 11 aromatic rings. The average molecular weight is 984 g/mol.